The second-order valence-electron chi connectivity index (χ2n) is 14.3. The minimum atomic E-state index is -2.23. The van der Waals surface area contributed by atoms with Gasteiger partial charge in [0.25, 0.3) is 0 Å². The Morgan fingerprint density at radius 1 is 1.09 bits per heavy atom. The van der Waals surface area contributed by atoms with E-state index in [0.29, 0.717) is 5.69 Å². The van der Waals surface area contributed by atoms with Crippen LogP contribution in [-0.2, 0) is 9.16 Å². The highest BCUT2D eigenvalue weighted by Crippen LogP contribution is 2.39. The van der Waals surface area contributed by atoms with E-state index >= 15 is 4.39 Å². The van der Waals surface area contributed by atoms with E-state index in [1.54, 1.807) is 11.0 Å². The maximum absolute atomic E-state index is 15.4. The molecule has 1 saturated heterocycles. The van der Waals surface area contributed by atoms with E-state index in [4.69, 9.17) is 32.4 Å². The number of nitrogens with zero attached hydrogens (tertiary/aromatic N) is 5. The fourth-order valence-corrected chi connectivity index (χ4v) is 6.56. The lowest BCUT2D eigenvalue weighted by Crippen LogP contribution is -2.59. The normalized spacial score (nSPS) is 16.5. The molecule has 3 heterocycles. The largest absolute Gasteiger partial charge is 0.444 e. The van der Waals surface area contributed by atoms with E-state index in [-0.39, 0.29) is 59.1 Å². The number of piperazine rings is 1. The van der Waals surface area contributed by atoms with Crippen LogP contribution in [0.2, 0.25) is 28.3 Å². The van der Waals surface area contributed by atoms with Gasteiger partial charge in [0.15, 0.2) is 24.9 Å². The van der Waals surface area contributed by atoms with Crippen molar-refractivity contribution >= 4 is 54.5 Å². The molecule has 0 bridgehead atoms. The maximum Gasteiger partial charge on any atom is 0.410 e. The van der Waals surface area contributed by atoms with Crippen molar-refractivity contribution in [1.82, 2.24) is 19.4 Å². The Kier molecular flexibility index (Phi) is 10.0. The fraction of sp³-hybridized carbons (Fsp3) is 0.562. The molecular weight excluding hydrogens is 636 g/mol. The Morgan fingerprint density at radius 3 is 2.33 bits per heavy atom. The SMILES string of the molecule is CC(C)c1ccccc1-n1c(=O)nc(N2CCN(C(=O)OC(C)(C)C)C[C@H]2CO[Si](C)(C)C(C)(C)C)c2c(Cl)c(F)c(Cl)nc21. The molecule has 0 radical (unpaired) electrons. The van der Waals surface area contributed by atoms with Crippen LogP contribution in [0.4, 0.5) is 15.0 Å². The molecule has 2 aromatic heterocycles. The van der Waals surface area contributed by atoms with Crippen LogP contribution in [0.15, 0.2) is 29.1 Å². The first-order valence-electron chi connectivity index (χ1n) is 15.2. The molecule has 1 aliphatic heterocycles. The number of hydrogen-bond acceptors (Lipinski definition) is 7. The van der Waals surface area contributed by atoms with Gasteiger partial charge in [0, 0.05) is 19.6 Å². The van der Waals surface area contributed by atoms with Gasteiger partial charge in [-0.2, -0.15) is 4.98 Å². The van der Waals surface area contributed by atoms with Gasteiger partial charge in [-0.25, -0.2) is 23.5 Å². The van der Waals surface area contributed by atoms with Gasteiger partial charge >= 0.3 is 11.8 Å². The van der Waals surface area contributed by atoms with Crippen molar-refractivity contribution in [3.8, 4) is 5.69 Å². The van der Waals surface area contributed by atoms with Crippen molar-refractivity contribution < 1.29 is 18.3 Å². The van der Waals surface area contributed by atoms with Crippen LogP contribution in [0.1, 0.15) is 66.9 Å². The summed E-state index contributed by atoms with van der Waals surface area (Å²) >= 11 is 12.9. The molecule has 9 nitrogen and oxygen atoms in total. The number of halogens is 3. The van der Waals surface area contributed by atoms with Crippen molar-refractivity contribution in [3.05, 3.63) is 56.3 Å². The number of carbonyl (C=O) groups is 1. The summed E-state index contributed by atoms with van der Waals surface area (Å²) in [6.45, 7) is 21.2. The third-order valence-corrected chi connectivity index (χ3v) is 13.6. The number of hydrogen-bond donors (Lipinski definition) is 0. The van der Waals surface area contributed by atoms with Gasteiger partial charge in [0.1, 0.15) is 11.4 Å². The summed E-state index contributed by atoms with van der Waals surface area (Å²) in [5.74, 6) is -0.682. The summed E-state index contributed by atoms with van der Waals surface area (Å²) < 4.78 is 29.0. The van der Waals surface area contributed by atoms with Crippen molar-refractivity contribution in [2.75, 3.05) is 31.1 Å². The Bertz CT molecular complexity index is 1650. The molecular formula is C32H44Cl2FN5O4Si. The van der Waals surface area contributed by atoms with Crippen LogP contribution in [0.25, 0.3) is 16.7 Å². The number of para-hydroxylation sites is 1. The van der Waals surface area contributed by atoms with Gasteiger partial charge in [-0.3, -0.25) is 0 Å². The monoisotopic (exact) mass is 679 g/mol. The average Bonchev–Trinajstić information content (AvgIpc) is 2.93. The molecule has 1 fully saturated rings. The Balaban J connectivity index is 1.91. The summed E-state index contributed by atoms with van der Waals surface area (Å²) in [6.07, 6.45) is -0.449. The molecule has 0 N–H and O–H groups in total. The summed E-state index contributed by atoms with van der Waals surface area (Å²) in [5.41, 5.74) is 0.232. The second kappa shape index (κ2) is 12.8. The van der Waals surface area contributed by atoms with E-state index in [0.717, 1.165) is 5.56 Å². The van der Waals surface area contributed by atoms with Gasteiger partial charge in [0.05, 0.1) is 28.7 Å². The third-order valence-electron chi connectivity index (χ3n) is 8.50. The third kappa shape index (κ3) is 7.31. The lowest BCUT2D eigenvalue weighted by atomic mass is 10.0. The minimum Gasteiger partial charge on any atom is -0.444 e. The van der Waals surface area contributed by atoms with Gasteiger partial charge in [-0.05, 0) is 56.5 Å². The molecule has 3 aromatic rings. The molecule has 1 aromatic carbocycles. The van der Waals surface area contributed by atoms with Gasteiger partial charge in [-0.15, -0.1) is 0 Å². The van der Waals surface area contributed by atoms with Gasteiger partial charge < -0.3 is 19.0 Å². The van der Waals surface area contributed by atoms with E-state index in [1.165, 1.54) is 4.57 Å². The molecule has 13 heteroatoms. The lowest BCUT2D eigenvalue weighted by molar-refractivity contribution is 0.0199. The number of fused-ring (bicyclic) bond motifs is 1. The fourth-order valence-electron chi connectivity index (χ4n) is 5.04. The highest BCUT2D eigenvalue weighted by atomic mass is 35.5. The standard InChI is InChI=1S/C32H44Cl2FN5O4Si/c1-19(2)21-13-11-12-14-22(21)40-28-23(24(33)25(35)26(34)36-28)27(37-29(40)41)39-16-15-38(30(42)44-31(3,4)5)17-20(39)18-43-45(9,10)32(6,7)8/h11-14,19-20H,15-18H2,1-10H3/t20-/m0/s1. The van der Waals surface area contributed by atoms with Crippen molar-refractivity contribution in [2.24, 2.45) is 0 Å². The quantitative estimate of drug-likeness (QED) is 0.194. The molecule has 0 spiro atoms. The predicted octanol–water partition coefficient (Wildman–Crippen LogP) is 7.80. The molecule has 1 atom stereocenters. The number of benzene rings is 1. The van der Waals surface area contributed by atoms with Gasteiger partial charge in [0.2, 0.25) is 0 Å². The predicted molar refractivity (Wildman–Crippen MR) is 181 cm³/mol. The van der Waals surface area contributed by atoms with E-state index < -0.39 is 42.7 Å². The number of pyridine rings is 1. The van der Waals surface area contributed by atoms with E-state index in [1.807, 2.05) is 57.7 Å². The lowest BCUT2D eigenvalue weighted by Gasteiger charge is -2.44. The van der Waals surface area contributed by atoms with Crippen molar-refractivity contribution in [1.29, 1.82) is 0 Å². The van der Waals surface area contributed by atoms with Crippen LogP contribution in [-0.4, -0.2) is 71.7 Å². The molecule has 4 rings (SSSR count). The molecule has 0 aliphatic carbocycles. The number of ether oxygens (including phenoxy) is 1. The first-order valence-corrected chi connectivity index (χ1v) is 18.8. The molecule has 1 amide bonds. The van der Waals surface area contributed by atoms with E-state index in [9.17, 15) is 9.59 Å². The molecule has 1 aliphatic rings. The summed E-state index contributed by atoms with van der Waals surface area (Å²) in [5, 5.41) is -0.659. The summed E-state index contributed by atoms with van der Waals surface area (Å²) in [4.78, 5) is 39.5. The zero-order chi connectivity index (χ0) is 33.6. The number of carbonyl (C=O) groups excluding carboxylic acids is 1. The Hall–Kier alpha value is -2.73. The first-order chi connectivity index (χ1) is 20.7. The molecule has 0 saturated carbocycles. The van der Waals surface area contributed by atoms with Gasteiger partial charge in [-0.1, -0.05) is 76.0 Å². The average molecular weight is 681 g/mol. The Labute approximate surface area is 275 Å². The topological polar surface area (TPSA) is 89.8 Å². The molecule has 246 valence electrons. The molecule has 45 heavy (non-hydrogen) atoms. The Morgan fingerprint density at radius 2 is 1.73 bits per heavy atom. The second-order valence-corrected chi connectivity index (χ2v) is 19.9. The summed E-state index contributed by atoms with van der Waals surface area (Å²) in [7, 11) is -2.23. The highest BCUT2D eigenvalue weighted by molar-refractivity contribution is 6.74. The van der Waals surface area contributed by atoms with Crippen LogP contribution in [0.5, 0.6) is 0 Å². The van der Waals surface area contributed by atoms with Crippen LogP contribution in [0, 0.1) is 5.82 Å². The zero-order valence-electron chi connectivity index (χ0n) is 27.8. The van der Waals surface area contributed by atoms with Crippen LogP contribution >= 0.6 is 23.2 Å². The van der Waals surface area contributed by atoms with Crippen LogP contribution in [0.3, 0.4) is 0 Å². The number of amides is 1. The van der Waals surface area contributed by atoms with Crippen molar-refractivity contribution in [2.45, 2.75) is 91.1 Å². The van der Waals surface area contributed by atoms with Crippen LogP contribution < -0.4 is 10.6 Å². The maximum atomic E-state index is 15.4. The van der Waals surface area contributed by atoms with Crippen molar-refractivity contribution in [3.63, 3.8) is 0 Å². The van der Waals surface area contributed by atoms with E-state index in [2.05, 4.69) is 43.8 Å². The first kappa shape index (κ1) is 35.1. The number of anilines is 1. The smallest absolute Gasteiger partial charge is 0.410 e. The zero-order valence-corrected chi connectivity index (χ0v) is 30.3. The number of rotatable bonds is 6. The summed E-state index contributed by atoms with van der Waals surface area (Å²) in [6, 6.07) is 6.95. The minimum absolute atomic E-state index is 0.0621. The molecule has 0 unspecified atom stereocenters. The highest BCUT2D eigenvalue weighted by Gasteiger charge is 2.40. The number of aromatic nitrogens is 3.